The topological polar surface area (TPSA) is 87.5 Å². The van der Waals surface area contributed by atoms with Crippen molar-refractivity contribution in [1.29, 1.82) is 5.26 Å². The molecular weight excluding hydrogens is 396 g/mol. The Hall–Kier alpha value is -3.09. The third kappa shape index (κ3) is 3.52. The minimum atomic E-state index is -1.45. The zero-order valence-electron chi connectivity index (χ0n) is 14.9. The Bertz CT molecular complexity index is 1060. The monoisotopic (exact) mass is 412 g/mol. The maximum absolute atomic E-state index is 12.6. The molecule has 1 aromatic heterocycles. The van der Waals surface area contributed by atoms with E-state index in [0.717, 1.165) is 11.4 Å². The number of nitriles is 1. The van der Waals surface area contributed by atoms with Gasteiger partial charge in [0.25, 0.3) is 0 Å². The normalized spacial score (nSPS) is 13.8. The first-order valence-electron chi connectivity index (χ1n) is 8.40. The van der Waals surface area contributed by atoms with Crippen molar-refractivity contribution >= 4 is 38.8 Å². The van der Waals surface area contributed by atoms with Gasteiger partial charge in [0, 0.05) is 17.6 Å². The third-order valence-corrected chi connectivity index (χ3v) is 6.11. The molecule has 0 saturated carbocycles. The van der Waals surface area contributed by atoms with E-state index in [0.29, 0.717) is 40.2 Å². The number of hydrogen-bond donors (Lipinski definition) is 1. The molecule has 142 valence electrons. The quantitative estimate of drug-likeness (QED) is 0.688. The van der Waals surface area contributed by atoms with Gasteiger partial charge in [0.15, 0.2) is 16.1 Å². The molecule has 2 aromatic carbocycles. The Morgan fingerprint density at radius 1 is 1.32 bits per heavy atom. The zero-order valence-corrected chi connectivity index (χ0v) is 16.5. The van der Waals surface area contributed by atoms with Crippen LogP contribution in [0.1, 0.15) is 5.56 Å². The number of ether oxygens (including phenoxy) is 2. The predicted octanol–water partition coefficient (Wildman–Crippen LogP) is 3.69. The van der Waals surface area contributed by atoms with Crippen LogP contribution < -0.4 is 19.1 Å². The molecule has 4 rings (SSSR count). The smallest absolute Gasteiger partial charge is 0.194 e. The molecule has 1 aliphatic heterocycles. The molecule has 0 amide bonds. The summed E-state index contributed by atoms with van der Waals surface area (Å²) < 4.78 is 26.4. The Morgan fingerprint density at radius 2 is 2.18 bits per heavy atom. The van der Waals surface area contributed by atoms with Gasteiger partial charge in [-0.15, -0.1) is 11.3 Å². The van der Waals surface area contributed by atoms with E-state index in [9.17, 15) is 9.47 Å². The first-order valence-corrected chi connectivity index (χ1v) is 10.4. The highest BCUT2D eigenvalue weighted by atomic mass is 32.2. The number of rotatable bonds is 5. The second kappa shape index (κ2) is 7.88. The summed E-state index contributed by atoms with van der Waals surface area (Å²) in [6.07, 6.45) is 1.65. The molecule has 1 aliphatic rings. The van der Waals surface area contributed by atoms with Crippen molar-refractivity contribution in [1.82, 2.24) is 4.98 Å². The van der Waals surface area contributed by atoms with Gasteiger partial charge in [-0.3, -0.25) is 4.72 Å². The molecule has 0 fully saturated rings. The lowest BCUT2D eigenvalue weighted by Gasteiger charge is -2.32. The number of fused-ring (bicyclic) bond motifs is 1. The molecule has 1 unspecified atom stereocenters. The minimum Gasteiger partial charge on any atom is -0.497 e. The Kier molecular flexibility index (Phi) is 5.14. The van der Waals surface area contributed by atoms with Crippen LogP contribution in [-0.2, 0) is 11.0 Å². The summed E-state index contributed by atoms with van der Waals surface area (Å²) in [6.45, 7) is 1.06. The highest BCUT2D eigenvalue weighted by Crippen LogP contribution is 2.39. The fraction of sp³-hybridized carbons (Fsp3) is 0.158. The second-order valence-corrected chi connectivity index (χ2v) is 7.94. The summed E-state index contributed by atoms with van der Waals surface area (Å²) in [7, 11) is 0.125. The summed E-state index contributed by atoms with van der Waals surface area (Å²) >= 11 is 1.38. The highest BCUT2D eigenvalue weighted by molar-refractivity contribution is 7.86. The molecule has 1 N–H and O–H groups in total. The van der Waals surface area contributed by atoms with Gasteiger partial charge in [0.1, 0.15) is 24.2 Å². The first-order chi connectivity index (χ1) is 13.7. The van der Waals surface area contributed by atoms with E-state index >= 15 is 0 Å². The maximum atomic E-state index is 12.6. The van der Waals surface area contributed by atoms with Crippen molar-refractivity contribution in [2.24, 2.45) is 0 Å². The third-order valence-electron chi connectivity index (χ3n) is 4.24. The number of anilines is 3. The number of benzene rings is 2. The van der Waals surface area contributed by atoms with Gasteiger partial charge < -0.3 is 14.4 Å². The van der Waals surface area contributed by atoms with Gasteiger partial charge in [-0.05, 0) is 30.3 Å². The van der Waals surface area contributed by atoms with Gasteiger partial charge in [-0.2, -0.15) is 5.26 Å². The molecule has 9 heteroatoms. The van der Waals surface area contributed by atoms with Crippen LogP contribution in [0, 0.1) is 11.3 Å². The van der Waals surface area contributed by atoms with Crippen LogP contribution in [0.4, 0.5) is 16.5 Å². The van der Waals surface area contributed by atoms with Gasteiger partial charge in [-0.25, -0.2) is 9.19 Å². The van der Waals surface area contributed by atoms with Crippen molar-refractivity contribution in [3.05, 3.63) is 53.5 Å². The molecule has 0 spiro atoms. The molecule has 0 saturated heterocycles. The van der Waals surface area contributed by atoms with Crippen molar-refractivity contribution in [2.75, 3.05) is 29.9 Å². The van der Waals surface area contributed by atoms with Crippen molar-refractivity contribution in [3.63, 3.8) is 0 Å². The van der Waals surface area contributed by atoms with E-state index in [1.807, 2.05) is 28.5 Å². The average Bonchev–Trinajstić information content (AvgIpc) is 3.25. The first kappa shape index (κ1) is 18.3. The summed E-state index contributed by atoms with van der Waals surface area (Å²) in [6, 6.07) is 13.0. The number of thiazole rings is 1. The average molecular weight is 412 g/mol. The van der Waals surface area contributed by atoms with Crippen molar-refractivity contribution in [3.8, 4) is 17.6 Å². The molecule has 0 radical (unpaired) electrons. The molecule has 3 aromatic rings. The van der Waals surface area contributed by atoms with E-state index < -0.39 is 11.0 Å². The Balaban J connectivity index is 1.66. The van der Waals surface area contributed by atoms with Crippen LogP contribution in [0.25, 0.3) is 0 Å². The van der Waals surface area contributed by atoms with E-state index in [2.05, 4.69) is 15.8 Å². The summed E-state index contributed by atoms with van der Waals surface area (Å²) in [4.78, 5) is 6.70. The van der Waals surface area contributed by atoms with Gasteiger partial charge >= 0.3 is 0 Å². The van der Waals surface area contributed by atoms with E-state index in [1.165, 1.54) is 11.3 Å². The molecule has 0 aliphatic carbocycles. The highest BCUT2D eigenvalue weighted by Gasteiger charge is 2.23. The zero-order chi connectivity index (χ0) is 19.5. The molecule has 7 nitrogen and oxygen atoms in total. The van der Waals surface area contributed by atoms with Crippen LogP contribution >= 0.6 is 11.3 Å². The van der Waals surface area contributed by atoms with E-state index in [4.69, 9.17) is 9.47 Å². The van der Waals surface area contributed by atoms with Crippen LogP contribution in [0.2, 0.25) is 0 Å². The van der Waals surface area contributed by atoms with Crippen LogP contribution in [0.3, 0.4) is 0 Å². The number of methoxy groups -OCH3 is 1. The fourth-order valence-corrected chi connectivity index (χ4v) is 4.47. The number of nitrogens with one attached hydrogen (secondary N) is 1. The van der Waals surface area contributed by atoms with Gasteiger partial charge in [-0.1, -0.05) is 0 Å². The molecule has 28 heavy (non-hydrogen) atoms. The predicted molar refractivity (Wildman–Crippen MR) is 109 cm³/mol. The summed E-state index contributed by atoms with van der Waals surface area (Å²) in [5.41, 5.74) is 2.12. The number of nitrogens with zero attached hydrogens (tertiary/aromatic N) is 3. The SMILES string of the molecule is COc1ccc(N2CCOc3cc(S(=O)Nc4nccs4)ccc32)c(C#N)c1. The maximum Gasteiger partial charge on any atom is 0.194 e. The van der Waals surface area contributed by atoms with Crippen LogP contribution in [0.15, 0.2) is 52.9 Å². The van der Waals surface area contributed by atoms with Crippen LogP contribution in [-0.4, -0.2) is 29.5 Å². The summed E-state index contributed by atoms with van der Waals surface area (Å²) in [5.74, 6) is 1.26. The second-order valence-electron chi connectivity index (χ2n) is 5.83. The Labute approximate surface area is 168 Å². The minimum absolute atomic E-state index is 0.458. The van der Waals surface area contributed by atoms with Crippen molar-refractivity contribution in [2.45, 2.75) is 4.90 Å². The van der Waals surface area contributed by atoms with Crippen molar-refractivity contribution < 1.29 is 13.7 Å². The molecule has 1 atom stereocenters. The number of hydrogen-bond acceptors (Lipinski definition) is 7. The Morgan fingerprint density at radius 3 is 2.93 bits per heavy atom. The summed E-state index contributed by atoms with van der Waals surface area (Å²) in [5, 5.41) is 11.9. The largest absolute Gasteiger partial charge is 0.497 e. The van der Waals surface area contributed by atoms with E-state index in [-0.39, 0.29) is 0 Å². The lowest BCUT2D eigenvalue weighted by molar-refractivity contribution is 0.313. The van der Waals surface area contributed by atoms with Gasteiger partial charge in [0.05, 0.1) is 35.5 Å². The fourth-order valence-electron chi connectivity index (χ4n) is 2.95. The lowest BCUT2D eigenvalue weighted by Crippen LogP contribution is -2.29. The molecule has 2 heterocycles. The molecular formula is C19H16N4O3S2. The number of aromatic nitrogens is 1. The molecule has 0 bridgehead atoms. The van der Waals surface area contributed by atoms with Crippen LogP contribution in [0.5, 0.6) is 11.5 Å². The standard InChI is InChI=1S/C19H16N4O3S2/c1-25-14-2-4-16(13(10-14)12-20)23-7-8-26-18-11-15(3-5-17(18)23)28(24)22-19-21-6-9-27-19/h2-6,9-11H,7-8H2,1H3,(H,21,22). The van der Waals surface area contributed by atoms with Gasteiger partial charge in [0.2, 0.25) is 0 Å². The van der Waals surface area contributed by atoms with E-state index in [1.54, 1.807) is 31.5 Å². The lowest BCUT2D eigenvalue weighted by atomic mass is 10.1.